The molecule has 0 atom stereocenters. The Morgan fingerprint density at radius 1 is 1.39 bits per heavy atom. The van der Waals surface area contributed by atoms with E-state index < -0.39 is 0 Å². The number of carbonyl (C=O) groups is 1. The first-order valence-electron chi connectivity index (χ1n) is 6.31. The lowest BCUT2D eigenvalue weighted by molar-refractivity contribution is 0.0990. The van der Waals surface area contributed by atoms with Crippen LogP contribution in [0.3, 0.4) is 0 Å². The topological polar surface area (TPSA) is 34.0 Å². The maximum absolute atomic E-state index is 12.2. The van der Waals surface area contributed by atoms with Crippen molar-refractivity contribution < 1.29 is 4.79 Å². The lowest BCUT2D eigenvalue weighted by Gasteiger charge is -2.06. The molecule has 0 unspecified atom stereocenters. The molecule has 0 aliphatic heterocycles. The molecule has 1 heterocycles. The number of hydrogen-bond acceptors (Lipinski definition) is 2. The third kappa shape index (κ3) is 2.46. The number of ketones is 1. The largest absolute Gasteiger partial charge is 0.350 e. The molecule has 0 aliphatic carbocycles. The number of carbonyl (C=O) groups excluding carboxylic acids is 1. The van der Waals surface area contributed by atoms with Gasteiger partial charge in [-0.1, -0.05) is 26.0 Å². The molecule has 0 saturated heterocycles. The molecule has 2 rings (SSSR count). The lowest BCUT2D eigenvalue weighted by atomic mass is 10.1. The van der Waals surface area contributed by atoms with E-state index in [9.17, 15) is 4.79 Å². The predicted molar refractivity (Wildman–Crippen MR) is 75.1 cm³/mol. The van der Waals surface area contributed by atoms with Crippen LogP contribution in [0, 0.1) is 6.92 Å². The van der Waals surface area contributed by atoms with Gasteiger partial charge in [0.15, 0.2) is 5.78 Å². The maximum atomic E-state index is 12.2. The molecular formula is C15H20N2O. The molecule has 2 aromatic rings. The number of Topliss-reactive ketones (excluding diaryl/α,β-unsaturated/α-hetero) is 1. The minimum atomic E-state index is 0.151. The number of aryl methyl sites for hydroxylation is 2. The monoisotopic (exact) mass is 244 g/mol. The summed E-state index contributed by atoms with van der Waals surface area (Å²) in [6.07, 6.45) is 1.93. The first-order chi connectivity index (χ1) is 8.49. The van der Waals surface area contributed by atoms with E-state index in [4.69, 9.17) is 0 Å². The average Bonchev–Trinajstić information content (AvgIpc) is 2.63. The van der Waals surface area contributed by atoms with E-state index in [0.717, 1.165) is 16.5 Å². The zero-order valence-electron chi connectivity index (χ0n) is 11.4. The van der Waals surface area contributed by atoms with Crippen molar-refractivity contribution in [3.63, 3.8) is 0 Å². The standard InChI is InChI=1S/C15H20N2O/c1-10(2)16-8-15(18)13-9-17(4)14-7-11(3)5-6-12(13)14/h5-7,9-10,16H,8H2,1-4H3. The van der Waals surface area contributed by atoms with Gasteiger partial charge in [0, 0.05) is 35.8 Å². The molecule has 3 nitrogen and oxygen atoms in total. The molecule has 0 spiro atoms. The van der Waals surface area contributed by atoms with Crippen LogP contribution in [0.1, 0.15) is 29.8 Å². The molecule has 0 aliphatic rings. The Balaban J connectivity index is 2.37. The molecule has 1 N–H and O–H groups in total. The van der Waals surface area contributed by atoms with Gasteiger partial charge < -0.3 is 9.88 Å². The minimum Gasteiger partial charge on any atom is -0.350 e. The molecule has 0 saturated carbocycles. The first-order valence-corrected chi connectivity index (χ1v) is 6.31. The van der Waals surface area contributed by atoms with Crippen LogP contribution in [0.2, 0.25) is 0 Å². The van der Waals surface area contributed by atoms with Crippen molar-refractivity contribution in [1.29, 1.82) is 0 Å². The number of fused-ring (bicyclic) bond motifs is 1. The van der Waals surface area contributed by atoms with Crippen LogP contribution in [0.15, 0.2) is 24.4 Å². The van der Waals surface area contributed by atoms with Crippen molar-refractivity contribution in [1.82, 2.24) is 9.88 Å². The maximum Gasteiger partial charge on any atom is 0.178 e. The van der Waals surface area contributed by atoms with Crippen LogP contribution in [0.25, 0.3) is 10.9 Å². The molecule has 0 fully saturated rings. The van der Waals surface area contributed by atoms with Gasteiger partial charge in [0.2, 0.25) is 0 Å². The first kappa shape index (κ1) is 12.8. The third-order valence-electron chi connectivity index (χ3n) is 3.12. The molecule has 18 heavy (non-hydrogen) atoms. The number of nitrogens with zero attached hydrogens (tertiary/aromatic N) is 1. The summed E-state index contributed by atoms with van der Waals surface area (Å²) >= 11 is 0. The normalized spacial score (nSPS) is 11.4. The Kier molecular flexibility index (Phi) is 3.53. The zero-order chi connectivity index (χ0) is 13.3. The smallest absolute Gasteiger partial charge is 0.178 e. The van der Waals surface area contributed by atoms with Crippen LogP contribution in [-0.2, 0) is 7.05 Å². The quantitative estimate of drug-likeness (QED) is 0.839. The highest BCUT2D eigenvalue weighted by atomic mass is 16.1. The third-order valence-corrected chi connectivity index (χ3v) is 3.12. The van der Waals surface area contributed by atoms with Gasteiger partial charge in [-0.2, -0.15) is 0 Å². The van der Waals surface area contributed by atoms with Crippen molar-refractivity contribution in [2.45, 2.75) is 26.8 Å². The van der Waals surface area contributed by atoms with E-state index in [1.807, 2.05) is 37.7 Å². The average molecular weight is 244 g/mol. The van der Waals surface area contributed by atoms with Gasteiger partial charge in [0.1, 0.15) is 0 Å². The molecule has 0 radical (unpaired) electrons. The van der Waals surface area contributed by atoms with Crippen LogP contribution in [0.5, 0.6) is 0 Å². The second-order valence-electron chi connectivity index (χ2n) is 5.13. The second kappa shape index (κ2) is 4.94. The van der Waals surface area contributed by atoms with Gasteiger partial charge in [0.05, 0.1) is 6.54 Å². The van der Waals surface area contributed by atoms with Gasteiger partial charge in [-0.15, -0.1) is 0 Å². The van der Waals surface area contributed by atoms with Crippen molar-refractivity contribution in [2.75, 3.05) is 6.54 Å². The fraction of sp³-hybridized carbons (Fsp3) is 0.400. The molecule has 1 aromatic carbocycles. The van der Waals surface area contributed by atoms with Gasteiger partial charge in [0.25, 0.3) is 0 Å². The van der Waals surface area contributed by atoms with Crippen LogP contribution >= 0.6 is 0 Å². The van der Waals surface area contributed by atoms with E-state index in [1.165, 1.54) is 5.56 Å². The summed E-state index contributed by atoms with van der Waals surface area (Å²) in [5.41, 5.74) is 3.13. The molecule has 3 heteroatoms. The van der Waals surface area contributed by atoms with Gasteiger partial charge in [-0.3, -0.25) is 4.79 Å². The van der Waals surface area contributed by atoms with Crippen LogP contribution in [0.4, 0.5) is 0 Å². The highest BCUT2D eigenvalue weighted by molar-refractivity contribution is 6.09. The molecule has 96 valence electrons. The van der Waals surface area contributed by atoms with E-state index in [0.29, 0.717) is 12.6 Å². The van der Waals surface area contributed by atoms with Gasteiger partial charge in [-0.25, -0.2) is 0 Å². The molecule has 0 amide bonds. The van der Waals surface area contributed by atoms with Crippen LogP contribution in [-0.4, -0.2) is 22.9 Å². The second-order valence-corrected chi connectivity index (χ2v) is 5.13. The summed E-state index contributed by atoms with van der Waals surface area (Å²) in [5, 5.41) is 4.21. The minimum absolute atomic E-state index is 0.151. The summed E-state index contributed by atoms with van der Waals surface area (Å²) in [5.74, 6) is 0.151. The summed E-state index contributed by atoms with van der Waals surface area (Å²) in [4.78, 5) is 12.2. The Morgan fingerprint density at radius 3 is 2.78 bits per heavy atom. The fourth-order valence-corrected chi connectivity index (χ4v) is 2.11. The summed E-state index contributed by atoms with van der Waals surface area (Å²) in [6.45, 7) is 6.54. The summed E-state index contributed by atoms with van der Waals surface area (Å²) in [7, 11) is 1.98. The van der Waals surface area contributed by atoms with Crippen molar-refractivity contribution in [3.8, 4) is 0 Å². The van der Waals surface area contributed by atoms with Crippen molar-refractivity contribution >= 4 is 16.7 Å². The number of hydrogen-bond donors (Lipinski definition) is 1. The Bertz CT molecular complexity index is 581. The SMILES string of the molecule is Cc1ccc2c(C(=O)CNC(C)C)cn(C)c2c1. The molecular weight excluding hydrogens is 224 g/mol. The van der Waals surface area contributed by atoms with E-state index in [2.05, 4.69) is 24.4 Å². The van der Waals surface area contributed by atoms with Crippen molar-refractivity contribution in [3.05, 3.63) is 35.5 Å². The lowest BCUT2D eigenvalue weighted by Crippen LogP contribution is -2.29. The highest BCUT2D eigenvalue weighted by Crippen LogP contribution is 2.22. The van der Waals surface area contributed by atoms with Crippen molar-refractivity contribution in [2.24, 2.45) is 7.05 Å². The van der Waals surface area contributed by atoms with E-state index in [1.54, 1.807) is 0 Å². The number of aromatic nitrogens is 1. The zero-order valence-corrected chi connectivity index (χ0v) is 11.4. The fourth-order valence-electron chi connectivity index (χ4n) is 2.11. The molecule has 1 aromatic heterocycles. The summed E-state index contributed by atoms with van der Waals surface area (Å²) < 4.78 is 2.02. The Hall–Kier alpha value is -1.61. The Labute approximate surface area is 108 Å². The number of nitrogens with one attached hydrogen (secondary N) is 1. The Morgan fingerprint density at radius 2 is 2.11 bits per heavy atom. The highest BCUT2D eigenvalue weighted by Gasteiger charge is 2.13. The van der Waals surface area contributed by atoms with Gasteiger partial charge in [-0.05, 0) is 18.6 Å². The predicted octanol–water partition coefficient (Wildman–Crippen LogP) is 2.67. The number of benzene rings is 1. The van der Waals surface area contributed by atoms with E-state index >= 15 is 0 Å². The number of rotatable bonds is 4. The molecule has 0 bridgehead atoms. The summed E-state index contributed by atoms with van der Waals surface area (Å²) in [6, 6.07) is 6.52. The van der Waals surface area contributed by atoms with Crippen LogP contribution < -0.4 is 5.32 Å². The van der Waals surface area contributed by atoms with E-state index in [-0.39, 0.29) is 5.78 Å². The van der Waals surface area contributed by atoms with Gasteiger partial charge >= 0.3 is 0 Å².